The van der Waals surface area contributed by atoms with E-state index in [0.717, 1.165) is 13.1 Å². The number of carbonyl (C=O) groups excluding carboxylic acids is 1. The van der Waals surface area contributed by atoms with Crippen LogP contribution >= 0.6 is 0 Å². The van der Waals surface area contributed by atoms with E-state index in [4.69, 9.17) is 0 Å². The highest BCUT2D eigenvalue weighted by Crippen LogP contribution is 1.97. The molecule has 78 valence electrons. The maximum atomic E-state index is 11.2. The van der Waals surface area contributed by atoms with Gasteiger partial charge < -0.3 is 12.4 Å². The number of amides is 1. The van der Waals surface area contributed by atoms with Crippen molar-refractivity contribution >= 4 is 5.91 Å². The summed E-state index contributed by atoms with van der Waals surface area (Å²) in [6.07, 6.45) is 0. The van der Waals surface area contributed by atoms with Crippen molar-refractivity contribution in [2.45, 2.75) is 20.8 Å². The summed E-state index contributed by atoms with van der Waals surface area (Å²) in [6, 6.07) is 0. The first-order chi connectivity index (χ1) is 5.45. The van der Waals surface area contributed by atoms with Gasteiger partial charge in [-0.3, -0.25) is 4.79 Å². The highest BCUT2D eigenvalue weighted by molar-refractivity contribution is 5.91. The molecule has 3 nitrogen and oxygen atoms in total. The summed E-state index contributed by atoms with van der Waals surface area (Å²) in [5.74, 6) is -0.0683. The smallest absolute Gasteiger partial charge is 0.290 e. The van der Waals surface area contributed by atoms with Crippen LogP contribution in [0.3, 0.4) is 0 Å². The van der Waals surface area contributed by atoms with Gasteiger partial charge in [0.05, 0.1) is 20.1 Å². The second-order valence-corrected chi connectivity index (χ2v) is 3.25. The lowest BCUT2D eigenvalue weighted by Crippen LogP contribution is -3.00. The van der Waals surface area contributed by atoms with E-state index < -0.39 is 0 Å². The quantitative estimate of drug-likeness (QED) is 0.325. The molecule has 0 saturated heterocycles. The van der Waals surface area contributed by atoms with Crippen LogP contribution in [0, 0.1) is 0 Å². The normalized spacial score (nSPS) is 10.2. The first kappa shape index (κ1) is 15.0. The topological polar surface area (TPSA) is 29.1 Å². The van der Waals surface area contributed by atoms with Crippen molar-refractivity contribution in [1.29, 1.82) is 0 Å². The fourth-order valence-electron chi connectivity index (χ4n) is 0.722. The lowest BCUT2D eigenvalue weighted by Gasteiger charge is -2.31. The SMILES string of the molecule is C=C(C)C(=O)N[N+](C)(CC)CC.[Cl-]. The van der Waals surface area contributed by atoms with Crippen LogP contribution in [0.2, 0.25) is 0 Å². The molecule has 0 saturated carbocycles. The third-order valence-corrected chi connectivity index (χ3v) is 2.15. The summed E-state index contributed by atoms with van der Waals surface area (Å²) in [5, 5.41) is 0. The van der Waals surface area contributed by atoms with Gasteiger partial charge in [0.2, 0.25) is 0 Å². The predicted molar refractivity (Wildman–Crippen MR) is 50.2 cm³/mol. The Labute approximate surface area is 86.8 Å². The number of halogens is 1. The van der Waals surface area contributed by atoms with Crippen molar-refractivity contribution in [3.63, 3.8) is 0 Å². The number of hydrogen-bond acceptors (Lipinski definition) is 1. The van der Waals surface area contributed by atoms with Gasteiger partial charge in [-0.2, -0.15) is 5.43 Å². The minimum atomic E-state index is -0.0683. The molecule has 0 radical (unpaired) electrons. The van der Waals surface area contributed by atoms with Crippen LogP contribution in [-0.4, -0.2) is 30.6 Å². The highest BCUT2D eigenvalue weighted by Gasteiger charge is 2.19. The Morgan fingerprint density at radius 2 is 1.77 bits per heavy atom. The van der Waals surface area contributed by atoms with E-state index >= 15 is 0 Å². The molecule has 0 aliphatic carbocycles. The average Bonchev–Trinajstić information content (AvgIpc) is 2.04. The number of rotatable bonds is 4. The number of quaternary nitrogens is 1. The summed E-state index contributed by atoms with van der Waals surface area (Å²) < 4.78 is 0.561. The van der Waals surface area contributed by atoms with Crippen molar-refractivity contribution in [3.05, 3.63) is 12.2 Å². The van der Waals surface area contributed by atoms with Crippen molar-refractivity contribution in [1.82, 2.24) is 5.43 Å². The predicted octanol–water partition coefficient (Wildman–Crippen LogP) is -1.92. The van der Waals surface area contributed by atoms with Crippen LogP contribution in [-0.2, 0) is 4.79 Å². The molecule has 4 heteroatoms. The second-order valence-electron chi connectivity index (χ2n) is 3.25. The monoisotopic (exact) mass is 206 g/mol. The summed E-state index contributed by atoms with van der Waals surface area (Å²) >= 11 is 0. The Morgan fingerprint density at radius 1 is 1.38 bits per heavy atom. The third kappa shape index (κ3) is 4.90. The molecule has 0 bridgehead atoms. The number of nitrogens with one attached hydrogen (secondary N) is 1. The molecule has 0 atom stereocenters. The average molecular weight is 207 g/mol. The molecular weight excluding hydrogens is 188 g/mol. The largest absolute Gasteiger partial charge is 1.00 e. The zero-order valence-corrected chi connectivity index (χ0v) is 9.61. The van der Waals surface area contributed by atoms with E-state index in [1.165, 1.54) is 0 Å². The van der Waals surface area contributed by atoms with Gasteiger partial charge >= 0.3 is 0 Å². The van der Waals surface area contributed by atoms with Crippen molar-refractivity contribution in [2.75, 3.05) is 20.1 Å². The maximum absolute atomic E-state index is 11.2. The molecule has 0 aromatic heterocycles. The molecule has 1 N–H and O–H groups in total. The van der Waals surface area contributed by atoms with Gasteiger partial charge in [-0.15, -0.1) is 0 Å². The molecule has 13 heavy (non-hydrogen) atoms. The van der Waals surface area contributed by atoms with Crippen LogP contribution in [0.15, 0.2) is 12.2 Å². The Kier molecular flexibility index (Phi) is 6.90. The molecule has 1 amide bonds. The van der Waals surface area contributed by atoms with Gasteiger partial charge in [0.25, 0.3) is 5.91 Å². The standard InChI is InChI=1S/C9H18N2O.ClH/c1-6-11(5,7-2)10-9(12)8(3)4;/h3,6-7H2,1-2,4-5H3;1H. The molecule has 0 heterocycles. The summed E-state index contributed by atoms with van der Waals surface area (Å²) in [6.45, 7) is 11.2. The number of hydrogen-bond donors (Lipinski definition) is 1. The fraction of sp³-hybridized carbons (Fsp3) is 0.667. The van der Waals surface area contributed by atoms with E-state index in [1.54, 1.807) is 6.92 Å². The Balaban J connectivity index is 0. The van der Waals surface area contributed by atoms with E-state index in [9.17, 15) is 4.79 Å². The highest BCUT2D eigenvalue weighted by atomic mass is 35.5. The summed E-state index contributed by atoms with van der Waals surface area (Å²) in [4.78, 5) is 11.2. The van der Waals surface area contributed by atoms with Gasteiger partial charge in [0.1, 0.15) is 0 Å². The summed E-state index contributed by atoms with van der Waals surface area (Å²) in [5.41, 5.74) is 3.45. The van der Waals surface area contributed by atoms with Crippen LogP contribution in [0.5, 0.6) is 0 Å². The molecule has 0 unspecified atom stereocenters. The van der Waals surface area contributed by atoms with E-state index in [-0.39, 0.29) is 18.3 Å². The minimum Gasteiger partial charge on any atom is -1.00 e. The molecular formula is C9H19ClN2O. The van der Waals surface area contributed by atoms with Crippen LogP contribution < -0.4 is 17.8 Å². The van der Waals surface area contributed by atoms with E-state index in [0.29, 0.717) is 10.2 Å². The number of carbonyl (C=O) groups is 1. The van der Waals surface area contributed by atoms with Gasteiger partial charge in [-0.1, -0.05) is 6.58 Å². The van der Waals surface area contributed by atoms with E-state index in [2.05, 4.69) is 12.0 Å². The first-order valence-electron chi connectivity index (χ1n) is 4.28. The van der Waals surface area contributed by atoms with Gasteiger partial charge in [-0.25, -0.2) is 4.59 Å². The van der Waals surface area contributed by atoms with Crippen molar-refractivity contribution in [3.8, 4) is 0 Å². The lowest BCUT2D eigenvalue weighted by atomic mass is 10.3. The van der Waals surface area contributed by atoms with Crippen LogP contribution in [0.25, 0.3) is 0 Å². The van der Waals surface area contributed by atoms with Crippen molar-refractivity contribution in [2.24, 2.45) is 0 Å². The molecule has 0 aromatic rings. The molecule has 0 aromatic carbocycles. The Hall–Kier alpha value is -0.540. The zero-order chi connectivity index (χ0) is 9.78. The van der Waals surface area contributed by atoms with Gasteiger partial charge in [0.15, 0.2) is 0 Å². The lowest BCUT2D eigenvalue weighted by molar-refractivity contribution is -0.940. The Bertz CT molecular complexity index is 188. The zero-order valence-electron chi connectivity index (χ0n) is 8.85. The molecule has 0 rings (SSSR count). The first-order valence-corrected chi connectivity index (χ1v) is 4.28. The second kappa shape index (κ2) is 6.00. The van der Waals surface area contributed by atoms with E-state index in [1.807, 2.05) is 20.9 Å². The number of nitrogens with zero attached hydrogens (tertiary/aromatic N) is 1. The van der Waals surface area contributed by atoms with Crippen LogP contribution in [0.4, 0.5) is 0 Å². The summed E-state index contributed by atoms with van der Waals surface area (Å²) in [7, 11) is 1.99. The molecule has 0 aliphatic heterocycles. The van der Waals surface area contributed by atoms with Crippen molar-refractivity contribution < 1.29 is 21.8 Å². The fourth-order valence-corrected chi connectivity index (χ4v) is 0.722. The third-order valence-electron chi connectivity index (χ3n) is 2.15. The van der Waals surface area contributed by atoms with Gasteiger partial charge in [-0.05, 0) is 20.8 Å². The maximum Gasteiger partial charge on any atom is 0.290 e. The molecule has 0 aliphatic rings. The molecule has 0 fully saturated rings. The molecule has 0 spiro atoms. The Morgan fingerprint density at radius 3 is 2.00 bits per heavy atom. The minimum absolute atomic E-state index is 0. The van der Waals surface area contributed by atoms with Crippen LogP contribution in [0.1, 0.15) is 20.8 Å². The van der Waals surface area contributed by atoms with Gasteiger partial charge in [0, 0.05) is 5.57 Å².